The number of nitrogens with two attached hydrogens (primary N) is 1. The molecular formula is C17H26F2N2. The first-order valence-electron chi connectivity index (χ1n) is 7.99. The summed E-state index contributed by atoms with van der Waals surface area (Å²) in [6.45, 7) is 5.50. The molecular weight excluding hydrogens is 270 g/mol. The van der Waals surface area contributed by atoms with Crippen LogP contribution in [0.1, 0.15) is 45.1 Å². The van der Waals surface area contributed by atoms with Crippen molar-refractivity contribution in [3.8, 4) is 0 Å². The topological polar surface area (TPSA) is 29.3 Å². The molecule has 21 heavy (non-hydrogen) atoms. The van der Waals surface area contributed by atoms with Gasteiger partial charge in [0.1, 0.15) is 17.3 Å². The zero-order chi connectivity index (χ0) is 15.4. The number of benzene rings is 1. The lowest BCUT2D eigenvalue weighted by Gasteiger charge is -2.34. The smallest absolute Gasteiger partial charge is 0.149 e. The molecule has 1 fully saturated rings. The van der Waals surface area contributed by atoms with Crippen molar-refractivity contribution in [2.75, 3.05) is 18.0 Å². The third kappa shape index (κ3) is 4.16. The normalized spacial score (nSPS) is 18.0. The molecule has 1 aliphatic rings. The maximum absolute atomic E-state index is 14.3. The lowest BCUT2D eigenvalue weighted by atomic mass is 9.92. The van der Waals surface area contributed by atoms with Crippen LogP contribution < -0.4 is 10.6 Å². The van der Waals surface area contributed by atoms with Crippen molar-refractivity contribution in [2.24, 2.45) is 11.7 Å². The molecule has 0 radical (unpaired) electrons. The van der Waals surface area contributed by atoms with Gasteiger partial charge in [0.05, 0.1) is 0 Å². The predicted molar refractivity (Wildman–Crippen MR) is 83.6 cm³/mol. The Morgan fingerprint density at radius 2 is 1.81 bits per heavy atom. The van der Waals surface area contributed by atoms with Crippen molar-refractivity contribution in [3.63, 3.8) is 0 Å². The molecule has 0 spiro atoms. The van der Waals surface area contributed by atoms with Crippen molar-refractivity contribution in [3.05, 3.63) is 29.3 Å². The summed E-state index contributed by atoms with van der Waals surface area (Å²) in [5, 5.41) is 0. The van der Waals surface area contributed by atoms with Gasteiger partial charge < -0.3 is 10.6 Å². The number of anilines is 1. The molecule has 118 valence electrons. The molecule has 4 heteroatoms. The Morgan fingerprint density at radius 3 is 2.29 bits per heavy atom. The van der Waals surface area contributed by atoms with Crippen molar-refractivity contribution < 1.29 is 8.78 Å². The van der Waals surface area contributed by atoms with Gasteiger partial charge in [0.15, 0.2) is 0 Å². The summed E-state index contributed by atoms with van der Waals surface area (Å²) in [6.07, 6.45) is 4.93. The minimum atomic E-state index is -0.459. The van der Waals surface area contributed by atoms with Gasteiger partial charge in [-0.15, -0.1) is 0 Å². The van der Waals surface area contributed by atoms with Crippen LogP contribution in [0.2, 0.25) is 0 Å². The standard InChI is InChI=1S/C17H26F2N2/c1-3-4-13-5-7-21(8-6-13)17-15(18)10-14(9-12(2)20)11-16(17)19/h10-13H,3-9,20H2,1-2H3. The summed E-state index contributed by atoms with van der Waals surface area (Å²) in [5.74, 6) is -0.214. The van der Waals surface area contributed by atoms with E-state index < -0.39 is 11.6 Å². The highest BCUT2D eigenvalue weighted by molar-refractivity contribution is 5.51. The van der Waals surface area contributed by atoms with Gasteiger partial charge in [0.25, 0.3) is 0 Å². The molecule has 1 aromatic rings. The molecule has 1 unspecified atom stereocenters. The van der Waals surface area contributed by atoms with E-state index in [1.54, 1.807) is 0 Å². The van der Waals surface area contributed by atoms with E-state index in [0.29, 0.717) is 17.9 Å². The van der Waals surface area contributed by atoms with Gasteiger partial charge >= 0.3 is 0 Å². The van der Waals surface area contributed by atoms with Gasteiger partial charge in [0, 0.05) is 19.1 Å². The first-order chi connectivity index (χ1) is 10.0. The monoisotopic (exact) mass is 296 g/mol. The van der Waals surface area contributed by atoms with Gasteiger partial charge in [0.2, 0.25) is 0 Å². The molecule has 1 saturated heterocycles. The van der Waals surface area contributed by atoms with E-state index >= 15 is 0 Å². The van der Waals surface area contributed by atoms with Crippen LogP contribution in [-0.4, -0.2) is 19.1 Å². The van der Waals surface area contributed by atoms with Gasteiger partial charge in [-0.25, -0.2) is 8.78 Å². The number of hydrogen-bond acceptors (Lipinski definition) is 2. The molecule has 0 saturated carbocycles. The zero-order valence-electron chi connectivity index (χ0n) is 13.0. The SMILES string of the molecule is CCCC1CCN(c2c(F)cc(CC(C)N)cc2F)CC1. The molecule has 0 aromatic heterocycles. The molecule has 1 aromatic carbocycles. The van der Waals surface area contributed by atoms with E-state index in [9.17, 15) is 8.78 Å². The molecule has 0 amide bonds. The van der Waals surface area contributed by atoms with E-state index in [0.717, 1.165) is 25.9 Å². The Morgan fingerprint density at radius 1 is 1.24 bits per heavy atom. The Kier molecular flexibility index (Phi) is 5.57. The second-order valence-electron chi connectivity index (χ2n) is 6.31. The number of hydrogen-bond donors (Lipinski definition) is 1. The maximum atomic E-state index is 14.3. The zero-order valence-corrected chi connectivity index (χ0v) is 13.0. The van der Waals surface area contributed by atoms with Crippen molar-refractivity contribution in [1.82, 2.24) is 0 Å². The number of nitrogens with zero attached hydrogens (tertiary/aromatic N) is 1. The highest BCUT2D eigenvalue weighted by Gasteiger charge is 2.23. The average Bonchev–Trinajstić information content (AvgIpc) is 2.39. The minimum Gasteiger partial charge on any atom is -0.367 e. The average molecular weight is 296 g/mol. The van der Waals surface area contributed by atoms with E-state index in [1.807, 2.05) is 11.8 Å². The molecule has 1 atom stereocenters. The molecule has 1 aliphatic heterocycles. The van der Waals surface area contributed by atoms with Gasteiger partial charge in [-0.3, -0.25) is 0 Å². The van der Waals surface area contributed by atoms with Crippen molar-refractivity contribution in [1.29, 1.82) is 0 Å². The number of piperidine rings is 1. The third-order valence-electron chi connectivity index (χ3n) is 4.26. The Hall–Kier alpha value is -1.16. The predicted octanol–water partition coefficient (Wildman–Crippen LogP) is 3.87. The first-order valence-corrected chi connectivity index (χ1v) is 7.99. The third-order valence-corrected chi connectivity index (χ3v) is 4.26. The fourth-order valence-corrected chi connectivity index (χ4v) is 3.26. The summed E-state index contributed by atoms with van der Waals surface area (Å²) in [4.78, 5) is 1.85. The summed E-state index contributed by atoms with van der Waals surface area (Å²) < 4.78 is 28.5. The quantitative estimate of drug-likeness (QED) is 0.893. The van der Waals surface area contributed by atoms with Crippen molar-refractivity contribution in [2.45, 2.75) is 52.0 Å². The van der Waals surface area contributed by atoms with Crippen LogP contribution >= 0.6 is 0 Å². The number of rotatable bonds is 5. The van der Waals surface area contributed by atoms with E-state index in [1.165, 1.54) is 25.0 Å². The molecule has 0 bridgehead atoms. The largest absolute Gasteiger partial charge is 0.367 e. The van der Waals surface area contributed by atoms with Crippen LogP contribution in [0, 0.1) is 17.6 Å². The van der Waals surface area contributed by atoms with Crippen molar-refractivity contribution >= 4 is 5.69 Å². The fourth-order valence-electron chi connectivity index (χ4n) is 3.26. The van der Waals surface area contributed by atoms with Gasteiger partial charge in [-0.05, 0) is 49.8 Å². The Bertz CT molecular complexity index is 443. The van der Waals surface area contributed by atoms with Crippen LogP contribution in [0.3, 0.4) is 0 Å². The minimum absolute atomic E-state index is 0.0977. The molecule has 2 N–H and O–H groups in total. The van der Waals surface area contributed by atoms with E-state index in [2.05, 4.69) is 6.92 Å². The lowest BCUT2D eigenvalue weighted by molar-refractivity contribution is 0.374. The second kappa shape index (κ2) is 7.21. The van der Waals surface area contributed by atoms with Crippen LogP contribution in [0.25, 0.3) is 0 Å². The summed E-state index contributed by atoms with van der Waals surface area (Å²) in [6, 6.07) is 2.76. The summed E-state index contributed by atoms with van der Waals surface area (Å²) >= 11 is 0. The lowest BCUT2D eigenvalue weighted by Crippen LogP contribution is -2.35. The molecule has 0 aliphatic carbocycles. The second-order valence-corrected chi connectivity index (χ2v) is 6.31. The highest BCUT2D eigenvalue weighted by atomic mass is 19.1. The maximum Gasteiger partial charge on any atom is 0.149 e. The van der Waals surface area contributed by atoms with E-state index in [4.69, 9.17) is 5.73 Å². The molecule has 2 nitrogen and oxygen atoms in total. The fraction of sp³-hybridized carbons (Fsp3) is 0.647. The van der Waals surface area contributed by atoms with Crippen LogP contribution in [0.4, 0.5) is 14.5 Å². The van der Waals surface area contributed by atoms with Crippen LogP contribution in [0.15, 0.2) is 12.1 Å². The Balaban J connectivity index is 2.10. The van der Waals surface area contributed by atoms with Crippen LogP contribution in [-0.2, 0) is 6.42 Å². The van der Waals surface area contributed by atoms with Crippen LogP contribution in [0.5, 0.6) is 0 Å². The first kappa shape index (κ1) is 16.2. The van der Waals surface area contributed by atoms with E-state index in [-0.39, 0.29) is 11.7 Å². The molecule has 2 rings (SSSR count). The Labute approximate surface area is 126 Å². The summed E-state index contributed by atoms with van der Waals surface area (Å²) in [5.41, 5.74) is 6.46. The number of halogens is 2. The molecule has 1 heterocycles. The van der Waals surface area contributed by atoms with Gasteiger partial charge in [-0.1, -0.05) is 19.8 Å². The van der Waals surface area contributed by atoms with Gasteiger partial charge in [-0.2, -0.15) is 0 Å². The highest BCUT2D eigenvalue weighted by Crippen LogP contribution is 2.30. The summed E-state index contributed by atoms with van der Waals surface area (Å²) in [7, 11) is 0.